The number of rotatable bonds is 4. The standard InChI is InChI=1S/C15H16N2O/c1-2-13(3-1)14-6-4-12(5-7-14)10-18-15-8-16-11-17-9-15/h4-9,11,13H,1-3,10H2. The van der Waals surface area contributed by atoms with Gasteiger partial charge in [-0.3, -0.25) is 0 Å². The second-order valence-electron chi connectivity index (χ2n) is 4.73. The summed E-state index contributed by atoms with van der Waals surface area (Å²) in [6, 6.07) is 8.75. The van der Waals surface area contributed by atoms with Crippen LogP contribution in [0, 0.1) is 0 Å². The third-order valence-electron chi connectivity index (χ3n) is 3.50. The number of ether oxygens (including phenoxy) is 1. The highest BCUT2D eigenvalue weighted by molar-refractivity contribution is 5.26. The van der Waals surface area contributed by atoms with E-state index in [1.165, 1.54) is 36.7 Å². The van der Waals surface area contributed by atoms with Crippen molar-refractivity contribution in [3.63, 3.8) is 0 Å². The zero-order chi connectivity index (χ0) is 12.2. The van der Waals surface area contributed by atoms with Crippen molar-refractivity contribution in [2.24, 2.45) is 0 Å². The summed E-state index contributed by atoms with van der Waals surface area (Å²) in [5.41, 5.74) is 2.65. The van der Waals surface area contributed by atoms with Crippen LogP contribution in [0.3, 0.4) is 0 Å². The molecule has 92 valence electrons. The van der Waals surface area contributed by atoms with Crippen LogP contribution in [0.4, 0.5) is 0 Å². The molecule has 18 heavy (non-hydrogen) atoms. The lowest BCUT2D eigenvalue weighted by molar-refractivity contribution is 0.303. The van der Waals surface area contributed by atoms with E-state index in [0.717, 1.165) is 5.92 Å². The Balaban J connectivity index is 1.59. The second kappa shape index (κ2) is 5.17. The molecule has 0 bridgehead atoms. The predicted molar refractivity (Wildman–Crippen MR) is 69.4 cm³/mol. The summed E-state index contributed by atoms with van der Waals surface area (Å²) in [6.07, 6.45) is 8.92. The molecule has 1 fully saturated rings. The van der Waals surface area contributed by atoms with Gasteiger partial charge in [-0.1, -0.05) is 30.7 Å². The Morgan fingerprint density at radius 1 is 1.06 bits per heavy atom. The molecule has 0 spiro atoms. The Kier molecular flexibility index (Phi) is 3.22. The molecule has 1 aromatic heterocycles. The summed E-state index contributed by atoms with van der Waals surface area (Å²) in [7, 11) is 0. The average Bonchev–Trinajstić information content (AvgIpc) is 2.37. The maximum Gasteiger partial charge on any atom is 0.156 e. The second-order valence-corrected chi connectivity index (χ2v) is 4.73. The lowest BCUT2D eigenvalue weighted by Gasteiger charge is -2.25. The maximum absolute atomic E-state index is 5.61. The van der Waals surface area contributed by atoms with Gasteiger partial charge in [-0.25, -0.2) is 9.97 Å². The van der Waals surface area contributed by atoms with Crippen molar-refractivity contribution >= 4 is 0 Å². The number of hydrogen-bond donors (Lipinski definition) is 0. The number of aromatic nitrogens is 2. The van der Waals surface area contributed by atoms with Crippen LogP contribution in [0.2, 0.25) is 0 Å². The van der Waals surface area contributed by atoms with Crippen LogP contribution in [0.1, 0.15) is 36.3 Å². The molecule has 3 nitrogen and oxygen atoms in total. The highest BCUT2D eigenvalue weighted by Crippen LogP contribution is 2.36. The van der Waals surface area contributed by atoms with Gasteiger partial charge in [0, 0.05) is 0 Å². The molecule has 3 heteroatoms. The predicted octanol–water partition coefficient (Wildman–Crippen LogP) is 3.32. The molecule has 1 aromatic carbocycles. The van der Waals surface area contributed by atoms with Gasteiger partial charge in [0.1, 0.15) is 12.9 Å². The van der Waals surface area contributed by atoms with Crippen molar-refractivity contribution in [2.45, 2.75) is 31.8 Å². The summed E-state index contributed by atoms with van der Waals surface area (Å²) in [5.74, 6) is 1.50. The molecular formula is C15H16N2O. The minimum Gasteiger partial charge on any atom is -0.486 e. The summed E-state index contributed by atoms with van der Waals surface area (Å²) in [6.45, 7) is 0.568. The topological polar surface area (TPSA) is 35.0 Å². The summed E-state index contributed by atoms with van der Waals surface area (Å²) >= 11 is 0. The first-order valence-corrected chi connectivity index (χ1v) is 6.38. The van der Waals surface area contributed by atoms with Crippen LogP contribution in [0.25, 0.3) is 0 Å². The van der Waals surface area contributed by atoms with Crippen molar-refractivity contribution in [2.75, 3.05) is 0 Å². The Hall–Kier alpha value is -1.90. The van der Waals surface area contributed by atoms with Crippen molar-refractivity contribution in [3.8, 4) is 5.75 Å². The first kappa shape index (κ1) is 11.2. The Morgan fingerprint density at radius 2 is 1.78 bits per heavy atom. The van der Waals surface area contributed by atoms with Gasteiger partial charge in [-0.05, 0) is 29.9 Å². The molecule has 1 aliphatic rings. The fraction of sp³-hybridized carbons (Fsp3) is 0.333. The van der Waals surface area contributed by atoms with Crippen LogP contribution in [-0.4, -0.2) is 9.97 Å². The van der Waals surface area contributed by atoms with Gasteiger partial charge in [0.25, 0.3) is 0 Å². The highest BCUT2D eigenvalue weighted by Gasteiger charge is 2.18. The lowest BCUT2D eigenvalue weighted by atomic mass is 9.80. The van der Waals surface area contributed by atoms with Crippen molar-refractivity contribution in [3.05, 3.63) is 54.1 Å². The molecule has 1 aliphatic carbocycles. The van der Waals surface area contributed by atoms with Gasteiger partial charge < -0.3 is 4.74 Å². The monoisotopic (exact) mass is 240 g/mol. The summed E-state index contributed by atoms with van der Waals surface area (Å²) in [4.78, 5) is 7.83. The maximum atomic E-state index is 5.61. The van der Waals surface area contributed by atoms with E-state index < -0.39 is 0 Å². The molecule has 0 radical (unpaired) electrons. The zero-order valence-electron chi connectivity index (χ0n) is 10.2. The van der Waals surface area contributed by atoms with E-state index in [1.54, 1.807) is 12.4 Å². The van der Waals surface area contributed by atoms with Crippen molar-refractivity contribution < 1.29 is 4.74 Å². The first-order valence-electron chi connectivity index (χ1n) is 6.38. The van der Waals surface area contributed by atoms with Crippen LogP contribution in [0.15, 0.2) is 43.0 Å². The zero-order valence-corrected chi connectivity index (χ0v) is 10.2. The Labute approximate surface area is 107 Å². The highest BCUT2D eigenvalue weighted by atomic mass is 16.5. The van der Waals surface area contributed by atoms with E-state index in [0.29, 0.717) is 12.4 Å². The van der Waals surface area contributed by atoms with Gasteiger partial charge in [0.15, 0.2) is 5.75 Å². The Morgan fingerprint density at radius 3 is 2.39 bits per heavy atom. The smallest absolute Gasteiger partial charge is 0.156 e. The fourth-order valence-electron chi connectivity index (χ4n) is 2.15. The number of nitrogens with zero attached hydrogens (tertiary/aromatic N) is 2. The van der Waals surface area contributed by atoms with Crippen LogP contribution >= 0.6 is 0 Å². The molecule has 0 saturated heterocycles. The van der Waals surface area contributed by atoms with Crippen molar-refractivity contribution in [1.82, 2.24) is 9.97 Å². The quantitative estimate of drug-likeness (QED) is 0.822. The largest absolute Gasteiger partial charge is 0.486 e. The van der Waals surface area contributed by atoms with E-state index >= 15 is 0 Å². The fourth-order valence-corrected chi connectivity index (χ4v) is 2.15. The van der Waals surface area contributed by atoms with E-state index in [1.807, 2.05) is 0 Å². The minimum atomic E-state index is 0.568. The van der Waals surface area contributed by atoms with Gasteiger partial charge in [-0.15, -0.1) is 0 Å². The number of benzene rings is 1. The van der Waals surface area contributed by atoms with E-state index in [2.05, 4.69) is 34.2 Å². The minimum absolute atomic E-state index is 0.568. The molecule has 1 saturated carbocycles. The van der Waals surface area contributed by atoms with Gasteiger partial charge in [-0.2, -0.15) is 0 Å². The lowest BCUT2D eigenvalue weighted by Crippen LogP contribution is -2.08. The van der Waals surface area contributed by atoms with Crippen LogP contribution in [0.5, 0.6) is 5.75 Å². The van der Waals surface area contributed by atoms with Gasteiger partial charge in [0.2, 0.25) is 0 Å². The summed E-state index contributed by atoms with van der Waals surface area (Å²) in [5, 5.41) is 0. The van der Waals surface area contributed by atoms with E-state index in [4.69, 9.17) is 4.74 Å². The van der Waals surface area contributed by atoms with Gasteiger partial charge in [0.05, 0.1) is 12.4 Å². The molecule has 2 aromatic rings. The molecule has 0 unspecified atom stereocenters. The third-order valence-corrected chi connectivity index (χ3v) is 3.50. The molecule has 3 rings (SSSR count). The van der Waals surface area contributed by atoms with Crippen molar-refractivity contribution in [1.29, 1.82) is 0 Å². The molecule has 0 N–H and O–H groups in total. The van der Waals surface area contributed by atoms with E-state index in [-0.39, 0.29) is 0 Å². The molecule has 1 heterocycles. The van der Waals surface area contributed by atoms with Crippen LogP contribution in [-0.2, 0) is 6.61 Å². The first-order chi connectivity index (χ1) is 8.92. The average molecular weight is 240 g/mol. The molecular weight excluding hydrogens is 224 g/mol. The molecule has 0 atom stereocenters. The van der Waals surface area contributed by atoms with E-state index in [9.17, 15) is 0 Å². The third kappa shape index (κ3) is 2.50. The summed E-state index contributed by atoms with van der Waals surface area (Å²) < 4.78 is 5.61. The number of hydrogen-bond acceptors (Lipinski definition) is 3. The van der Waals surface area contributed by atoms with Crippen LogP contribution < -0.4 is 4.74 Å². The normalized spacial score (nSPS) is 15.1. The Bertz CT molecular complexity index is 492. The SMILES string of the molecule is c1ncc(OCc2ccc(C3CCC3)cc2)cn1. The molecule has 0 aliphatic heterocycles. The van der Waals surface area contributed by atoms with Gasteiger partial charge >= 0.3 is 0 Å². The molecule has 0 amide bonds.